The van der Waals surface area contributed by atoms with E-state index in [1.807, 2.05) is 6.92 Å². The van der Waals surface area contributed by atoms with Gasteiger partial charge in [0.25, 0.3) is 0 Å². The molecule has 0 amide bonds. The second-order valence-corrected chi connectivity index (χ2v) is 5.02. The molecule has 1 unspecified atom stereocenters. The van der Waals surface area contributed by atoms with Crippen LogP contribution in [0.1, 0.15) is 19.8 Å². The van der Waals surface area contributed by atoms with Gasteiger partial charge in [0.2, 0.25) is 6.08 Å². The number of isocyanates is 1. The summed E-state index contributed by atoms with van der Waals surface area (Å²) in [7, 11) is -1.06. The molecule has 64 valence electrons. The first-order valence-corrected chi connectivity index (χ1v) is 6.71. The molecule has 3 nitrogen and oxygen atoms in total. The van der Waals surface area contributed by atoms with Crippen molar-refractivity contribution in [3.8, 4) is 0 Å². The van der Waals surface area contributed by atoms with Crippen LogP contribution >= 0.6 is 0 Å². The Hall–Kier alpha value is -0.443. The quantitative estimate of drug-likeness (QED) is 0.358. The Morgan fingerprint density at radius 3 is 2.64 bits per heavy atom. The summed E-state index contributed by atoms with van der Waals surface area (Å²) in [5.41, 5.74) is 0. The van der Waals surface area contributed by atoms with E-state index in [1.54, 1.807) is 0 Å². The fraction of sp³-hybridized carbons (Fsp3) is 0.857. The third-order valence-electron chi connectivity index (χ3n) is 1.16. The third-order valence-corrected chi connectivity index (χ3v) is 2.02. The van der Waals surface area contributed by atoms with Crippen molar-refractivity contribution in [2.24, 2.45) is 4.99 Å². The fourth-order valence-electron chi connectivity index (χ4n) is 0.783. The molecule has 0 aliphatic rings. The molecule has 0 aromatic carbocycles. The number of nitrogens with zero attached hydrogens (tertiary/aromatic N) is 1. The van der Waals surface area contributed by atoms with Crippen LogP contribution in [-0.4, -0.2) is 21.3 Å². The normalized spacial score (nSPS) is 12.7. The largest absolute Gasteiger partial charge is 0.399 e. The molecular formula is C7H15NO2Si. The molecule has 0 aliphatic heterocycles. The standard InChI is InChI=1S/C7H15NO2Si/c1-4-5-7(8-6-9)10-11(2)3/h7,11H,4-5H2,1-3H3. The molecule has 4 heteroatoms. The van der Waals surface area contributed by atoms with Gasteiger partial charge in [0.05, 0.1) is 0 Å². The van der Waals surface area contributed by atoms with Crippen molar-refractivity contribution in [3.63, 3.8) is 0 Å². The predicted octanol–water partition coefficient (Wildman–Crippen LogP) is 1.45. The van der Waals surface area contributed by atoms with E-state index in [4.69, 9.17) is 4.43 Å². The van der Waals surface area contributed by atoms with Crippen molar-refractivity contribution in [1.82, 2.24) is 0 Å². The summed E-state index contributed by atoms with van der Waals surface area (Å²) in [6, 6.07) is 0. The van der Waals surface area contributed by atoms with E-state index in [-0.39, 0.29) is 6.23 Å². The van der Waals surface area contributed by atoms with E-state index in [0.29, 0.717) is 0 Å². The molecule has 0 saturated carbocycles. The van der Waals surface area contributed by atoms with E-state index in [2.05, 4.69) is 18.1 Å². The Morgan fingerprint density at radius 1 is 1.64 bits per heavy atom. The Balaban J connectivity index is 3.78. The average molecular weight is 173 g/mol. The highest BCUT2D eigenvalue weighted by Gasteiger charge is 2.07. The van der Waals surface area contributed by atoms with Crippen molar-refractivity contribution >= 4 is 15.1 Å². The number of rotatable bonds is 5. The van der Waals surface area contributed by atoms with Gasteiger partial charge < -0.3 is 4.43 Å². The van der Waals surface area contributed by atoms with Gasteiger partial charge in [-0.2, -0.15) is 4.99 Å². The highest BCUT2D eigenvalue weighted by atomic mass is 28.3. The molecule has 0 heterocycles. The van der Waals surface area contributed by atoms with Gasteiger partial charge in [-0.05, 0) is 19.5 Å². The van der Waals surface area contributed by atoms with Crippen LogP contribution in [0.4, 0.5) is 0 Å². The summed E-state index contributed by atoms with van der Waals surface area (Å²) in [5, 5.41) is 0. The number of aliphatic imine (C=N–C) groups is 1. The Kier molecular flexibility index (Phi) is 6.03. The first-order chi connectivity index (χ1) is 5.20. The minimum absolute atomic E-state index is 0.232. The summed E-state index contributed by atoms with van der Waals surface area (Å²) in [5.74, 6) is 0. The van der Waals surface area contributed by atoms with Gasteiger partial charge in [-0.25, -0.2) is 4.79 Å². The molecule has 0 aromatic heterocycles. The molecule has 0 spiro atoms. The first kappa shape index (κ1) is 10.6. The highest BCUT2D eigenvalue weighted by Crippen LogP contribution is 2.04. The summed E-state index contributed by atoms with van der Waals surface area (Å²) < 4.78 is 5.44. The van der Waals surface area contributed by atoms with Gasteiger partial charge in [0.15, 0.2) is 9.04 Å². The number of hydrogen-bond acceptors (Lipinski definition) is 3. The molecule has 0 aliphatic carbocycles. The lowest BCUT2D eigenvalue weighted by molar-refractivity contribution is 0.203. The summed E-state index contributed by atoms with van der Waals surface area (Å²) in [6.07, 6.45) is 3.10. The maximum absolute atomic E-state index is 9.92. The molecule has 1 atom stereocenters. The SMILES string of the molecule is CCCC(N=C=O)O[SiH](C)C. The Morgan fingerprint density at radius 2 is 2.27 bits per heavy atom. The monoisotopic (exact) mass is 173 g/mol. The van der Waals surface area contributed by atoms with E-state index in [1.165, 1.54) is 6.08 Å². The number of hydrogen-bond donors (Lipinski definition) is 0. The van der Waals surface area contributed by atoms with Crippen LogP contribution in [0, 0.1) is 0 Å². The highest BCUT2D eigenvalue weighted by molar-refractivity contribution is 6.48. The summed E-state index contributed by atoms with van der Waals surface area (Å²) >= 11 is 0. The Labute approximate surface area is 69.2 Å². The predicted molar refractivity (Wildman–Crippen MR) is 46.8 cm³/mol. The van der Waals surface area contributed by atoms with Crippen LogP contribution in [0.25, 0.3) is 0 Å². The molecule has 11 heavy (non-hydrogen) atoms. The van der Waals surface area contributed by atoms with Crippen molar-refractivity contribution < 1.29 is 9.22 Å². The minimum Gasteiger partial charge on any atom is -0.399 e. The lowest BCUT2D eigenvalue weighted by Gasteiger charge is -2.12. The topological polar surface area (TPSA) is 38.7 Å². The zero-order valence-electron chi connectivity index (χ0n) is 7.33. The van der Waals surface area contributed by atoms with E-state index in [0.717, 1.165) is 12.8 Å². The Bertz CT molecular complexity index is 143. The van der Waals surface area contributed by atoms with E-state index < -0.39 is 9.04 Å². The minimum atomic E-state index is -1.06. The molecule has 0 rings (SSSR count). The van der Waals surface area contributed by atoms with Crippen LogP contribution < -0.4 is 0 Å². The van der Waals surface area contributed by atoms with E-state index >= 15 is 0 Å². The van der Waals surface area contributed by atoms with Crippen LogP contribution in [0.15, 0.2) is 4.99 Å². The molecule has 0 saturated heterocycles. The average Bonchev–Trinajstić information content (AvgIpc) is 1.87. The van der Waals surface area contributed by atoms with Gasteiger partial charge in [0, 0.05) is 0 Å². The van der Waals surface area contributed by atoms with Crippen LogP contribution in [0.2, 0.25) is 13.1 Å². The smallest absolute Gasteiger partial charge is 0.237 e. The lowest BCUT2D eigenvalue weighted by atomic mass is 10.3. The lowest BCUT2D eigenvalue weighted by Crippen LogP contribution is -2.18. The van der Waals surface area contributed by atoms with Crippen molar-refractivity contribution in [2.45, 2.75) is 39.1 Å². The van der Waals surface area contributed by atoms with Gasteiger partial charge >= 0.3 is 0 Å². The molecule has 0 aromatic rings. The van der Waals surface area contributed by atoms with E-state index in [9.17, 15) is 4.79 Å². The maximum atomic E-state index is 9.92. The third kappa shape index (κ3) is 5.98. The zero-order chi connectivity index (χ0) is 8.69. The van der Waals surface area contributed by atoms with Crippen LogP contribution in [-0.2, 0) is 9.22 Å². The van der Waals surface area contributed by atoms with Crippen molar-refractivity contribution in [3.05, 3.63) is 0 Å². The molecule has 0 N–H and O–H groups in total. The second-order valence-electron chi connectivity index (χ2n) is 2.65. The number of carbonyl (C=O) groups excluding carboxylic acids is 1. The van der Waals surface area contributed by atoms with Gasteiger partial charge in [-0.15, -0.1) is 0 Å². The van der Waals surface area contributed by atoms with Gasteiger partial charge in [-0.1, -0.05) is 13.3 Å². The maximum Gasteiger partial charge on any atom is 0.237 e. The van der Waals surface area contributed by atoms with Crippen LogP contribution in [0.5, 0.6) is 0 Å². The van der Waals surface area contributed by atoms with Crippen LogP contribution in [0.3, 0.4) is 0 Å². The zero-order valence-corrected chi connectivity index (χ0v) is 8.49. The molecule has 0 fully saturated rings. The van der Waals surface area contributed by atoms with Gasteiger partial charge in [0.1, 0.15) is 6.23 Å². The van der Waals surface area contributed by atoms with Gasteiger partial charge in [-0.3, -0.25) is 0 Å². The fourth-order valence-corrected chi connectivity index (χ4v) is 1.61. The second kappa shape index (κ2) is 6.28. The van der Waals surface area contributed by atoms with Crippen molar-refractivity contribution in [1.29, 1.82) is 0 Å². The molecular weight excluding hydrogens is 158 g/mol. The summed E-state index contributed by atoms with van der Waals surface area (Å²) in [6.45, 7) is 6.16. The molecule has 0 bridgehead atoms. The molecule has 0 radical (unpaired) electrons. The summed E-state index contributed by atoms with van der Waals surface area (Å²) in [4.78, 5) is 13.5. The first-order valence-electron chi connectivity index (χ1n) is 3.93. The van der Waals surface area contributed by atoms with Crippen molar-refractivity contribution in [2.75, 3.05) is 0 Å².